The van der Waals surface area contributed by atoms with Crippen LogP contribution in [0.15, 0.2) is 71.1 Å². The van der Waals surface area contributed by atoms with Crippen LogP contribution in [0.5, 0.6) is 0 Å². The van der Waals surface area contributed by atoms with Crippen LogP contribution in [0.3, 0.4) is 0 Å². The number of fused-ring (bicyclic) bond motifs is 1. The summed E-state index contributed by atoms with van der Waals surface area (Å²) in [6.45, 7) is 9.00. The summed E-state index contributed by atoms with van der Waals surface area (Å²) in [5.41, 5.74) is 1.42. The number of allylic oxidation sites excluding steroid dienone is 1. The maximum atomic E-state index is 13.1. The maximum Gasteiger partial charge on any atom is 0.262 e. The van der Waals surface area contributed by atoms with E-state index in [1.54, 1.807) is 33.7 Å². The van der Waals surface area contributed by atoms with Crippen LogP contribution >= 0.6 is 23.4 Å². The van der Waals surface area contributed by atoms with E-state index in [4.69, 9.17) is 11.6 Å². The minimum atomic E-state index is -0.409. The molecule has 1 aromatic heterocycles. The van der Waals surface area contributed by atoms with Crippen molar-refractivity contribution in [2.24, 2.45) is 0 Å². The Morgan fingerprint density at radius 2 is 2.03 bits per heavy atom. The van der Waals surface area contributed by atoms with Gasteiger partial charge in [0.2, 0.25) is 5.91 Å². The molecule has 7 heteroatoms. The highest BCUT2D eigenvalue weighted by Gasteiger charge is 2.23. The van der Waals surface area contributed by atoms with Crippen molar-refractivity contribution in [3.05, 3.63) is 82.1 Å². The fourth-order valence-electron chi connectivity index (χ4n) is 3.17. The van der Waals surface area contributed by atoms with Gasteiger partial charge in [-0.3, -0.25) is 14.2 Å². The zero-order valence-corrected chi connectivity index (χ0v) is 18.6. The summed E-state index contributed by atoms with van der Waals surface area (Å²) in [4.78, 5) is 32.5. The van der Waals surface area contributed by atoms with Crippen LogP contribution in [0.4, 0.5) is 0 Å². The van der Waals surface area contributed by atoms with Crippen LogP contribution < -0.4 is 5.56 Å². The van der Waals surface area contributed by atoms with E-state index in [9.17, 15) is 9.59 Å². The van der Waals surface area contributed by atoms with Crippen molar-refractivity contribution in [1.82, 2.24) is 14.5 Å². The molecule has 0 aliphatic heterocycles. The smallest absolute Gasteiger partial charge is 0.262 e. The summed E-state index contributed by atoms with van der Waals surface area (Å²) in [7, 11) is 0. The molecule has 0 aliphatic rings. The van der Waals surface area contributed by atoms with Crippen LogP contribution in [-0.4, -0.2) is 32.2 Å². The van der Waals surface area contributed by atoms with Gasteiger partial charge in [0.25, 0.3) is 5.56 Å². The Morgan fingerprint density at radius 3 is 2.70 bits per heavy atom. The standard InChI is InChI=1S/C23H24ClN3O2S/c1-4-13-27-22(29)19-12-11-18(24)14-20(19)25-23(27)30-16(3)21(28)26(5-2)15-17-9-7-6-8-10-17/h4,6-12,14,16H,1,5,13,15H2,2-3H3. The number of aromatic nitrogens is 2. The van der Waals surface area contributed by atoms with Crippen LogP contribution in [0.1, 0.15) is 19.4 Å². The Balaban J connectivity index is 1.89. The second kappa shape index (κ2) is 9.96. The van der Waals surface area contributed by atoms with Gasteiger partial charge >= 0.3 is 0 Å². The predicted molar refractivity (Wildman–Crippen MR) is 124 cm³/mol. The van der Waals surface area contributed by atoms with Crippen molar-refractivity contribution in [3.63, 3.8) is 0 Å². The summed E-state index contributed by atoms with van der Waals surface area (Å²) in [6.07, 6.45) is 1.65. The van der Waals surface area contributed by atoms with Crippen molar-refractivity contribution in [3.8, 4) is 0 Å². The van der Waals surface area contributed by atoms with E-state index >= 15 is 0 Å². The molecule has 0 N–H and O–H groups in total. The highest BCUT2D eigenvalue weighted by molar-refractivity contribution is 8.00. The molecule has 156 valence electrons. The Kier molecular flexibility index (Phi) is 7.34. The van der Waals surface area contributed by atoms with Gasteiger partial charge in [0, 0.05) is 24.7 Å². The molecule has 1 heterocycles. The average Bonchev–Trinajstić information content (AvgIpc) is 2.74. The number of halogens is 1. The van der Waals surface area contributed by atoms with Gasteiger partial charge in [-0.25, -0.2) is 4.98 Å². The minimum absolute atomic E-state index is 0.00283. The van der Waals surface area contributed by atoms with Crippen molar-refractivity contribution in [1.29, 1.82) is 0 Å². The first-order valence-electron chi connectivity index (χ1n) is 9.75. The number of rotatable bonds is 8. The monoisotopic (exact) mass is 441 g/mol. The molecule has 3 rings (SSSR count). The number of nitrogens with zero attached hydrogens (tertiary/aromatic N) is 3. The lowest BCUT2D eigenvalue weighted by atomic mass is 10.2. The molecule has 3 aromatic rings. The molecule has 30 heavy (non-hydrogen) atoms. The first-order chi connectivity index (χ1) is 14.4. The van der Waals surface area contributed by atoms with Crippen LogP contribution in [-0.2, 0) is 17.9 Å². The topological polar surface area (TPSA) is 55.2 Å². The average molecular weight is 442 g/mol. The number of benzene rings is 2. The lowest BCUT2D eigenvalue weighted by molar-refractivity contribution is -0.130. The zero-order chi connectivity index (χ0) is 21.7. The lowest BCUT2D eigenvalue weighted by Gasteiger charge is -2.24. The number of hydrogen-bond acceptors (Lipinski definition) is 4. The van der Waals surface area contributed by atoms with Crippen molar-refractivity contribution < 1.29 is 4.79 Å². The highest BCUT2D eigenvalue weighted by Crippen LogP contribution is 2.25. The molecule has 0 radical (unpaired) electrons. The van der Waals surface area contributed by atoms with Gasteiger partial charge in [0.1, 0.15) is 0 Å². The SMILES string of the molecule is C=CCn1c(SC(C)C(=O)N(CC)Cc2ccccc2)nc2cc(Cl)ccc2c1=O. The third-order valence-electron chi connectivity index (χ3n) is 4.73. The number of carbonyl (C=O) groups is 1. The van der Waals surface area contributed by atoms with E-state index in [1.807, 2.05) is 44.2 Å². The van der Waals surface area contributed by atoms with Gasteiger partial charge in [0.15, 0.2) is 5.16 Å². The van der Waals surface area contributed by atoms with Gasteiger partial charge in [-0.1, -0.05) is 59.8 Å². The highest BCUT2D eigenvalue weighted by atomic mass is 35.5. The Labute approximate surface area is 185 Å². The van der Waals surface area contributed by atoms with Crippen molar-refractivity contribution in [2.75, 3.05) is 6.54 Å². The van der Waals surface area contributed by atoms with Crippen LogP contribution in [0.2, 0.25) is 5.02 Å². The summed E-state index contributed by atoms with van der Waals surface area (Å²) >= 11 is 7.36. The molecule has 0 saturated carbocycles. The van der Waals surface area contributed by atoms with Gasteiger partial charge in [-0.2, -0.15) is 0 Å². The maximum absolute atomic E-state index is 13.1. The molecule has 5 nitrogen and oxygen atoms in total. The predicted octanol–water partition coefficient (Wildman–Crippen LogP) is 4.77. The summed E-state index contributed by atoms with van der Waals surface area (Å²) in [5, 5.41) is 1.07. The Morgan fingerprint density at radius 1 is 1.30 bits per heavy atom. The largest absolute Gasteiger partial charge is 0.338 e. The molecule has 0 saturated heterocycles. The van der Waals surface area contributed by atoms with Crippen LogP contribution in [0, 0.1) is 0 Å². The van der Waals surface area contributed by atoms with Gasteiger partial charge < -0.3 is 4.90 Å². The molecular formula is C23H24ClN3O2S. The Bertz CT molecular complexity index is 1110. The second-order valence-electron chi connectivity index (χ2n) is 6.86. The molecule has 1 atom stereocenters. The summed E-state index contributed by atoms with van der Waals surface area (Å²) in [6, 6.07) is 14.9. The molecule has 0 fully saturated rings. The fraction of sp³-hybridized carbons (Fsp3) is 0.261. The van der Waals surface area contributed by atoms with Gasteiger partial charge in [-0.05, 0) is 37.6 Å². The summed E-state index contributed by atoms with van der Waals surface area (Å²) in [5.74, 6) is -0.00283. The molecule has 0 spiro atoms. The van der Waals surface area contributed by atoms with E-state index in [1.165, 1.54) is 11.8 Å². The van der Waals surface area contributed by atoms with Crippen molar-refractivity contribution in [2.45, 2.75) is 37.3 Å². The number of thioether (sulfide) groups is 1. The first-order valence-corrected chi connectivity index (χ1v) is 11.0. The molecule has 0 bridgehead atoms. The summed E-state index contributed by atoms with van der Waals surface area (Å²) < 4.78 is 1.55. The van der Waals surface area contributed by atoms with Gasteiger partial charge in [0.05, 0.1) is 16.2 Å². The molecule has 2 aromatic carbocycles. The molecular weight excluding hydrogens is 418 g/mol. The second-order valence-corrected chi connectivity index (χ2v) is 8.60. The van der Waals surface area contributed by atoms with E-state index in [-0.39, 0.29) is 11.5 Å². The zero-order valence-electron chi connectivity index (χ0n) is 17.0. The van der Waals surface area contributed by atoms with E-state index in [0.29, 0.717) is 40.7 Å². The van der Waals surface area contributed by atoms with Crippen molar-refractivity contribution >= 4 is 40.2 Å². The number of amides is 1. The van der Waals surface area contributed by atoms with Crippen LogP contribution in [0.25, 0.3) is 10.9 Å². The Hall–Kier alpha value is -2.57. The third-order valence-corrected chi connectivity index (χ3v) is 6.05. The fourth-order valence-corrected chi connectivity index (χ4v) is 4.34. The first kappa shape index (κ1) is 22.1. The minimum Gasteiger partial charge on any atom is -0.338 e. The van der Waals surface area contributed by atoms with Gasteiger partial charge in [-0.15, -0.1) is 6.58 Å². The number of carbonyl (C=O) groups excluding carboxylic acids is 1. The normalized spacial score (nSPS) is 12.0. The molecule has 0 aliphatic carbocycles. The molecule has 1 unspecified atom stereocenters. The third kappa shape index (κ3) is 4.94. The molecule has 1 amide bonds. The lowest BCUT2D eigenvalue weighted by Crippen LogP contribution is -2.36. The number of hydrogen-bond donors (Lipinski definition) is 0. The van der Waals surface area contributed by atoms with E-state index in [0.717, 1.165) is 5.56 Å². The van der Waals surface area contributed by atoms with E-state index in [2.05, 4.69) is 11.6 Å². The quantitative estimate of drug-likeness (QED) is 0.287. The van der Waals surface area contributed by atoms with E-state index < -0.39 is 5.25 Å².